The van der Waals surface area contributed by atoms with Crippen molar-refractivity contribution in [2.75, 3.05) is 13.1 Å². The molecule has 0 aliphatic heterocycles. The maximum absolute atomic E-state index is 6.10. The van der Waals surface area contributed by atoms with Crippen molar-refractivity contribution in [3.63, 3.8) is 0 Å². The zero-order valence-corrected chi connectivity index (χ0v) is 20.0. The number of terminal acetylenes is 1. The number of aromatic nitrogens is 3. The molecule has 3 rings (SSSR count). The van der Waals surface area contributed by atoms with Crippen LogP contribution in [0.5, 0.6) is 0 Å². The van der Waals surface area contributed by atoms with E-state index in [1.54, 1.807) is 6.20 Å². The molecule has 0 saturated carbocycles. The number of nitrogens with two attached hydrogens (primary N) is 2. The topological polar surface area (TPSA) is 131 Å². The number of allylic oxidation sites excluding steroid dienone is 6. The first-order valence-electron chi connectivity index (χ1n) is 11.1. The Morgan fingerprint density at radius 2 is 2.09 bits per heavy atom. The minimum atomic E-state index is 0.340. The largest absolute Gasteiger partial charge is 0.436 e. The molecule has 6 N–H and O–H groups in total. The first-order chi connectivity index (χ1) is 16.5. The highest BCUT2D eigenvalue weighted by Crippen LogP contribution is 2.29. The van der Waals surface area contributed by atoms with Crippen LogP contribution in [0.25, 0.3) is 28.1 Å². The molecule has 8 nitrogen and oxygen atoms in total. The lowest BCUT2D eigenvalue weighted by molar-refractivity contribution is 0.562. The van der Waals surface area contributed by atoms with Gasteiger partial charge < -0.3 is 26.2 Å². The standard InChI is InChI=1S/C24H31N7O.C2H2/c1-4-7-17(11-10-16(3)29-21(26)15-27-12-5-2)20-14-28-24(32-20)18-8-6-9-19-23(18)31-22(13-25)30-19;1-2/h4,6-11,14,27H,5,12-13,15,25H2,1-3H3,(H2,26,29)(H,30,31);1-2H/b7-4+,16-10+,17-11+;. The van der Waals surface area contributed by atoms with E-state index in [-0.39, 0.29) is 0 Å². The predicted octanol–water partition coefficient (Wildman–Crippen LogP) is 4.15. The highest BCUT2D eigenvalue weighted by molar-refractivity contribution is 5.90. The molecule has 0 bridgehead atoms. The quantitative estimate of drug-likeness (QED) is 0.118. The molecule has 0 aliphatic carbocycles. The summed E-state index contributed by atoms with van der Waals surface area (Å²) in [6.45, 7) is 7.80. The van der Waals surface area contributed by atoms with Crippen LogP contribution in [0.1, 0.15) is 38.8 Å². The van der Waals surface area contributed by atoms with Crippen LogP contribution in [0.4, 0.5) is 0 Å². The van der Waals surface area contributed by atoms with E-state index >= 15 is 0 Å². The Hall–Kier alpha value is -3.93. The van der Waals surface area contributed by atoms with E-state index in [9.17, 15) is 0 Å². The Balaban J connectivity index is 0.00000199. The van der Waals surface area contributed by atoms with Gasteiger partial charge in [0.1, 0.15) is 17.2 Å². The molecule has 0 amide bonds. The summed E-state index contributed by atoms with van der Waals surface area (Å²) in [6.07, 6.45) is 18.5. The Kier molecular flexibility index (Phi) is 10.5. The van der Waals surface area contributed by atoms with Gasteiger partial charge in [-0.25, -0.2) is 15.0 Å². The third-order valence-electron chi connectivity index (χ3n) is 4.68. The fourth-order valence-electron chi connectivity index (χ4n) is 3.19. The molecule has 0 atom stereocenters. The fourth-order valence-corrected chi connectivity index (χ4v) is 3.19. The van der Waals surface area contributed by atoms with Crippen molar-refractivity contribution in [1.82, 2.24) is 20.3 Å². The molecule has 0 saturated heterocycles. The summed E-state index contributed by atoms with van der Waals surface area (Å²) in [4.78, 5) is 16.7. The van der Waals surface area contributed by atoms with Gasteiger partial charge in [0.2, 0.25) is 5.89 Å². The zero-order chi connectivity index (χ0) is 24.9. The van der Waals surface area contributed by atoms with E-state index < -0.39 is 0 Å². The maximum Gasteiger partial charge on any atom is 0.228 e. The third kappa shape index (κ3) is 7.04. The van der Waals surface area contributed by atoms with Crippen molar-refractivity contribution < 1.29 is 4.42 Å². The molecular weight excluding hydrogens is 426 g/mol. The molecule has 0 spiro atoms. The van der Waals surface area contributed by atoms with Crippen LogP contribution in [0.3, 0.4) is 0 Å². The van der Waals surface area contributed by atoms with E-state index in [0.29, 0.717) is 30.6 Å². The number of aliphatic imine (C=N–C) groups is 1. The van der Waals surface area contributed by atoms with Gasteiger partial charge in [-0.15, -0.1) is 12.8 Å². The van der Waals surface area contributed by atoms with Gasteiger partial charge in [0, 0.05) is 11.3 Å². The second-order valence-electron chi connectivity index (χ2n) is 7.33. The number of hydrogen-bond acceptors (Lipinski definition) is 6. The maximum atomic E-state index is 6.10. The highest BCUT2D eigenvalue weighted by Gasteiger charge is 2.14. The van der Waals surface area contributed by atoms with Gasteiger partial charge in [0.25, 0.3) is 0 Å². The summed E-state index contributed by atoms with van der Waals surface area (Å²) < 4.78 is 6.10. The lowest BCUT2D eigenvalue weighted by Crippen LogP contribution is -2.29. The Bertz CT molecular complexity index is 1210. The van der Waals surface area contributed by atoms with Crippen LogP contribution in [-0.4, -0.2) is 33.9 Å². The minimum absolute atomic E-state index is 0.340. The molecule has 0 radical (unpaired) electrons. The van der Waals surface area contributed by atoms with Crippen LogP contribution < -0.4 is 16.8 Å². The molecule has 0 unspecified atom stereocenters. The van der Waals surface area contributed by atoms with E-state index in [0.717, 1.165) is 46.7 Å². The van der Waals surface area contributed by atoms with Crippen molar-refractivity contribution in [3.05, 3.63) is 66.0 Å². The van der Waals surface area contributed by atoms with Gasteiger partial charge in [0.05, 0.1) is 30.4 Å². The molecular formula is C26H33N7O. The summed E-state index contributed by atoms with van der Waals surface area (Å²) in [6, 6.07) is 5.83. The summed E-state index contributed by atoms with van der Waals surface area (Å²) >= 11 is 0. The van der Waals surface area contributed by atoms with Crippen molar-refractivity contribution in [3.8, 4) is 24.3 Å². The van der Waals surface area contributed by atoms with Gasteiger partial charge in [-0.1, -0.05) is 25.1 Å². The number of nitrogens with one attached hydrogen (secondary N) is 2. The first-order valence-corrected chi connectivity index (χ1v) is 11.1. The monoisotopic (exact) mass is 459 g/mol. The molecule has 3 aromatic rings. The van der Waals surface area contributed by atoms with Crippen LogP contribution in [0.15, 0.2) is 63.8 Å². The van der Waals surface area contributed by atoms with Crippen molar-refractivity contribution in [1.29, 1.82) is 0 Å². The highest BCUT2D eigenvalue weighted by atomic mass is 16.4. The van der Waals surface area contributed by atoms with Gasteiger partial charge in [-0.05, 0) is 51.1 Å². The van der Waals surface area contributed by atoms with Gasteiger partial charge in [0.15, 0.2) is 5.76 Å². The fraction of sp³-hybridized carbons (Fsp3) is 0.269. The predicted molar refractivity (Wildman–Crippen MR) is 141 cm³/mol. The smallest absolute Gasteiger partial charge is 0.228 e. The summed E-state index contributed by atoms with van der Waals surface area (Å²) in [7, 11) is 0. The molecule has 1 aromatic carbocycles. The second-order valence-corrected chi connectivity index (χ2v) is 7.33. The average Bonchev–Trinajstić information content (AvgIpc) is 3.50. The number of H-pyrrole nitrogens is 1. The summed E-state index contributed by atoms with van der Waals surface area (Å²) in [5, 5.41) is 3.24. The van der Waals surface area contributed by atoms with Crippen LogP contribution >= 0.6 is 0 Å². The van der Waals surface area contributed by atoms with Gasteiger partial charge >= 0.3 is 0 Å². The molecule has 2 aromatic heterocycles. The molecule has 2 heterocycles. The lowest BCUT2D eigenvalue weighted by atomic mass is 10.2. The van der Waals surface area contributed by atoms with Gasteiger partial charge in [-0.3, -0.25) is 0 Å². The Morgan fingerprint density at radius 1 is 1.29 bits per heavy atom. The number of imidazole rings is 1. The van der Waals surface area contributed by atoms with Crippen molar-refractivity contribution >= 4 is 22.4 Å². The van der Waals surface area contributed by atoms with Crippen LogP contribution in [0, 0.1) is 12.8 Å². The number of oxazole rings is 1. The van der Waals surface area contributed by atoms with Crippen molar-refractivity contribution in [2.45, 2.75) is 33.7 Å². The molecule has 8 heteroatoms. The Morgan fingerprint density at radius 3 is 2.79 bits per heavy atom. The summed E-state index contributed by atoms with van der Waals surface area (Å²) in [5.41, 5.74) is 15.9. The number of para-hydroxylation sites is 1. The zero-order valence-electron chi connectivity index (χ0n) is 20.0. The number of amidine groups is 1. The molecule has 34 heavy (non-hydrogen) atoms. The SMILES string of the molecule is C#C.C/C=C/C(=C\C=C(/C)N=C(N)CNCCC)c1cnc(-c2cccc3[nH]c(CN)nc23)o1. The summed E-state index contributed by atoms with van der Waals surface area (Å²) in [5.74, 6) is 2.43. The van der Waals surface area contributed by atoms with E-state index in [4.69, 9.17) is 15.9 Å². The molecule has 0 fully saturated rings. The number of rotatable bonds is 10. The van der Waals surface area contributed by atoms with E-state index in [2.05, 4.69) is 45.0 Å². The van der Waals surface area contributed by atoms with E-state index in [1.165, 1.54) is 0 Å². The number of aromatic amines is 1. The lowest BCUT2D eigenvalue weighted by Gasteiger charge is -2.02. The van der Waals surface area contributed by atoms with Crippen molar-refractivity contribution in [2.24, 2.45) is 16.5 Å². The second kappa shape index (κ2) is 13.6. The minimum Gasteiger partial charge on any atom is -0.436 e. The Labute approximate surface area is 201 Å². The average molecular weight is 460 g/mol. The molecule has 0 aliphatic rings. The van der Waals surface area contributed by atoms with Crippen LogP contribution in [0.2, 0.25) is 0 Å². The van der Waals surface area contributed by atoms with E-state index in [1.807, 2.05) is 56.4 Å². The van der Waals surface area contributed by atoms with Crippen LogP contribution in [-0.2, 0) is 6.54 Å². The first kappa shape index (κ1) is 26.3. The number of benzene rings is 1. The number of hydrogen-bond donors (Lipinski definition) is 4. The third-order valence-corrected chi connectivity index (χ3v) is 4.68. The number of nitrogens with zero attached hydrogens (tertiary/aromatic N) is 3. The molecule has 178 valence electrons. The van der Waals surface area contributed by atoms with Gasteiger partial charge in [-0.2, -0.15) is 0 Å². The normalized spacial score (nSPS) is 12.8. The number of fused-ring (bicyclic) bond motifs is 1.